The molecule has 0 aromatic heterocycles. The molecule has 0 spiro atoms. The van der Waals surface area contributed by atoms with Gasteiger partial charge in [0, 0.05) is 6.42 Å². The number of rotatable bonds is 5. The van der Waals surface area contributed by atoms with Crippen LogP contribution >= 0.6 is 0 Å². The third-order valence-electron chi connectivity index (χ3n) is 3.80. The summed E-state index contributed by atoms with van der Waals surface area (Å²) in [5, 5.41) is 12.2. The summed E-state index contributed by atoms with van der Waals surface area (Å²) in [6.45, 7) is 3.94. The molecule has 2 unspecified atom stereocenters. The normalized spacial score (nSPS) is 28.7. The van der Waals surface area contributed by atoms with Gasteiger partial charge in [-0.05, 0) is 25.2 Å². The van der Waals surface area contributed by atoms with Crippen LogP contribution in [0.15, 0.2) is 0 Å². The molecule has 1 saturated carbocycles. The SMILES string of the molecule is CCCCC(=O)NC1(C(=O)O)CCCCC1C. The third-order valence-corrected chi connectivity index (χ3v) is 3.80. The van der Waals surface area contributed by atoms with Crippen molar-refractivity contribution in [1.82, 2.24) is 5.32 Å². The van der Waals surface area contributed by atoms with Gasteiger partial charge in [0.15, 0.2) is 0 Å². The van der Waals surface area contributed by atoms with Crippen LogP contribution in [0.5, 0.6) is 0 Å². The molecule has 1 rings (SSSR count). The van der Waals surface area contributed by atoms with E-state index < -0.39 is 11.5 Å². The molecule has 0 aromatic carbocycles. The van der Waals surface area contributed by atoms with Crippen LogP contribution in [0.1, 0.15) is 58.8 Å². The Labute approximate surface area is 103 Å². The summed E-state index contributed by atoms with van der Waals surface area (Å²) in [6, 6.07) is 0. The molecule has 4 nitrogen and oxygen atoms in total. The molecule has 2 atom stereocenters. The molecular weight excluding hydrogens is 218 g/mol. The van der Waals surface area contributed by atoms with Crippen molar-refractivity contribution >= 4 is 11.9 Å². The lowest BCUT2D eigenvalue weighted by Crippen LogP contribution is -2.59. The summed E-state index contributed by atoms with van der Waals surface area (Å²) in [4.78, 5) is 23.2. The average molecular weight is 241 g/mol. The molecule has 1 fully saturated rings. The van der Waals surface area contributed by atoms with Crippen LogP contribution in [-0.4, -0.2) is 22.5 Å². The summed E-state index contributed by atoms with van der Waals surface area (Å²) < 4.78 is 0. The zero-order chi connectivity index (χ0) is 12.9. The van der Waals surface area contributed by atoms with Crippen molar-refractivity contribution in [2.75, 3.05) is 0 Å². The molecule has 0 heterocycles. The Hall–Kier alpha value is -1.06. The lowest BCUT2D eigenvalue weighted by molar-refractivity contribution is -0.152. The van der Waals surface area contributed by atoms with Crippen LogP contribution < -0.4 is 5.32 Å². The Morgan fingerprint density at radius 3 is 2.65 bits per heavy atom. The Bertz CT molecular complexity index is 290. The highest BCUT2D eigenvalue weighted by Crippen LogP contribution is 2.34. The molecule has 17 heavy (non-hydrogen) atoms. The monoisotopic (exact) mass is 241 g/mol. The predicted molar refractivity (Wildman–Crippen MR) is 65.7 cm³/mol. The minimum Gasteiger partial charge on any atom is -0.479 e. The van der Waals surface area contributed by atoms with Gasteiger partial charge in [0.2, 0.25) is 5.91 Å². The van der Waals surface area contributed by atoms with Crippen molar-refractivity contribution in [3.63, 3.8) is 0 Å². The van der Waals surface area contributed by atoms with Crippen molar-refractivity contribution in [3.8, 4) is 0 Å². The smallest absolute Gasteiger partial charge is 0.329 e. The van der Waals surface area contributed by atoms with Gasteiger partial charge in [0.1, 0.15) is 5.54 Å². The number of aliphatic carboxylic acids is 1. The van der Waals surface area contributed by atoms with Gasteiger partial charge in [0.25, 0.3) is 0 Å². The lowest BCUT2D eigenvalue weighted by atomic mass is 9.73. The van der Waals surface area contributed by atoms with Crippen molar-refractivity contribution in [2.45, 2.75) is 64.3 Å². The van der Waals surface area contributed by atoms with E-state index in [1.165, 1.54) is 0 Å². The van der Waals surface area contributed by atoms with Crippen LogP contribution in [0.4, 0.5) is 0 Å². The van der Waals surface area contributed by atoms with Gasteiger partial charge in [-0.25, -0.2) is 4.79 Å². The molecule has 2 N–H and O–H groups in total. The molecule has 1 amide bonds. The maximum atomic E-state index is 11.8. The second kappa shape index (κ2) is 6.03. The highest BCUT2D eigenvalue weighted by molar-refractivity contribution is 5.87. The van der Waals surface area contributed by atoms with E-state index in [2.05, 4.69) is 5.32 Å². The van der Waals surface area contributed by atoms with Gasteiger partial charge in [-0.1, -0.05) is 33.1 Å². The van der Waals surface area contributed by atoms with E-state index in [9.17, 15) is 14.7 Å². The summed E-state index contributed by atoms with van der Waals surface area (Å²) in [5.74, 6) is -0.989. The third kappa shape index (κ3) is 3.20. The summed E-state index contributed by atoms with van der Waals surface area (Å²) in [7, 11) is 0. The van der Waals surface area contributed by atoms with Gasteiger partial charge in [-0.2, -0.15) is 0 Å². The van der Waals surface area contributed by atoms with E-state index in [0.29, 0.717) is 12.8 Å². The van der Waals surface area contributed by atoms with Crippen LogP contribution in [0.2, 0.25) is 0 Å². The first kappa shape index (κ1) is 14.0. The van der Waals surface area contributed by atoms with Crippen molar-refractivity contribution < 1.29 is 14.7 Å². The molecule has 0 aromatic rings. The topological polar surface area (TPSA) is 66.4 Å². The van der Waals surface area contributed by atoms with Gasteiger partial charge in [-0.3, -0.25) is 4.79 Å². The van der Waals surface area contributed by atoms with E-state index in [1.54, 1.807) is 0 Å². The molecular formula is C13H23NO3. The number of hydrogen-bond acceptors (Lipinski definition) is 2. The van der Waals surface area contributed by atoms with Gasteiger partial charge < -0.3 is 10.4 Å². The number of carbonyl (C=O) groups is 2. The number of carboxylic acid groups (broad SMARTS) is 1. The quantitative estimate of drug-likeness (QED) is 0.776. The zero-order valence-electron chi connectivity index (χ0n) is 10.8. The second-order valence-corrected chi connectivity index (χ2v) is 5.08. The molecule has 1 aliphatic rings. The first-order valence-electron chi connectivity index (χ1n) is 6.57. The maximum Gasteiger partial charge on any atom is 0.329 e. The van der Waals surface area contributed by atoms with Gasteiger partial charge >= 0.3 is 5.97 Å². The first-order chi connectivity index (χ1) is 8.03. The Balaban J connectivity index is 2.71. The van der Waals surface area contributed by atoms with E-state index in [-0.39, 0.29) is 11.8 Å². The minimum absolute atomic E-state index is 0.0133. The fraction of sp³-hybridized carbons (Fsp3) is 0.846. The minimum atomic E-state index is -1.02. The first-order valence-corrected chi connectivity index (χ1v) is 6.57. The standard InChI is InChI=1S/C13H23NO3/c1-3-4-8-11(15)14-13(12(16)17)9-6-5-7-10(13)2/h10H,3-9H2,1-2H3,(H,14,15)(H,16,17). The molecule has 0 bridgehead atoms. The van der Waals surface area contributed by atoms with E-state index >= 15 is 0 Å². The van der Waals surface area contributed by atoms with Gasteiger partial charge in [0.05, 0.1) is 0 Å². The second-order valence-electron chi connectivity index (χ2n) is 5.08. The zero-order valence-corrected chi connectivity index (χ0v) is 10.8. The van der Waals surface area contributed by atoms with Crippen LogP contribution in [0.3, 0.4) is 0 Å². The molecule has 98 valence electrons. The fourth-order valence-electron chi connectivity index (χ4n) is 2.55. The molecule has 0 aliphatic heterocycles. The number of unbranched alkanes of at least 4 members (excludes halogenated alkanes) is 1. The summed E-state index contributed by atoms with van der Waals surface area (Å²) in [5.41, 5.74) is -1.02. The van der Waals surface area contributed by atoms with Gasteiger partial charge in [-0.15, -0.1) is 0 Å². The Morgan fingerprint density at radius 1 is 1.41 bits per heavy atom. The summed E-state index contributed by atoms with van der Waals surface area (Å²) in [6.07, 6.45) is 5.56. The molecule has 4 heteroatoms. The van der Waals surface area contributed by atoms with Crippen LogP contribution in [0.25, 0.3) is 0 Å². The number of amides is 1. The molecule has 0 radical (unpaired) electrons. The number of hydrogen-bond donors (Lipinski definition) is 2. The lowest BCUT2D eigenvalue weighted by Gasteiger charge is -2.39. The fourth-order valence-corrected chi connectivity index (χ4v) is 2.55. The number of nitrogens with one attached hydrogen (secondary N) is 1. The molecule has 1 aliphatic carbocycles. The maximum absolute atomic E-state index is 11.8. The van der Waals surface area contributed by atoms with Crippen molar-refractivity contribution in [2.24, 2.45) is 5.92 Å². The number of carboxylic acids is 1. The van der Waals surface area contributed by atoms with Crippen LogP contribution in [0, 0.1) is 5.92 Å². The molecule has 0 saturated heterocycles. The highest BCUT2D eigenvalue weighted by atomic mass is 16.4. The van der Waals surface area contributed by atoms with Crippen molar-refractivity contribution in [3.05, 3.63) is 0 Å². The number of carbonyl (C=O) groups excluding carboxylic acids is 1. The summed E-state index contributed by atoms with van der Waals surface area (Å²) >= 11 is 0. The Morgan fingerprint density at radius 2 is 2.12 bits per heavy atom. The average Bonchev–Trinajstić information content (AvgIpc) is 2.29. The largest absolute Gasteiger partial charge is 0.479 e. The predicted octanol–water partition coefficient (Wildman–Crippen LogP) is 2.33. The van der Waals surface area contributed by atoms with E-state index in [1.807, 2.05) is 13.8 Å². The van der Waals surface area contributed by atoms with Crippen molar-refractivity contribution in [1.29, 1.82) is 0 Å². The Kier molecular flexibility index (Phi) is 4.97. The van der Waals surface area contributed by atoms with Crippen LogP contribution in [-0.2, 0) is 9.59 Å². The highest BCUT2D eigenvalue weighted by Gasteiger charge is 2.46. The van der Waals surface area contributed by atoms with E-state index in [4.69, 9.17) is 0 Å². The van der Waals surface area contributed by atoms with E-state index in [0.717, 1.165) is 32.1 Å².